The van der Waals surface area contributed by atoms with Crippen molar-refractivity contribution in [2.75, 3.05) is 13.2 Å². The van der Waals surface area contributed by atoms with Gasteiger partial charge in [0.25, 0.3) is 0 Å². The van der Waals surface area contributed by atoms with Gasteiger partial charge in [0.2, 0.25) is 0 Å². The van der Waals surface area contributed by atoms with Gasteiger partial charge in [0.05, 0.1) is 13.2 Å². The van der Waals surface area contributed by atoms with Gasteiger partial charge >= 0.3 is 0 Å². The minimum atomic E-state index is -1.20. The van der Waals surface area contributed by atoms with E-state index in [1.165, 1.54) is 116 Å². The van der Waals surface area contributed by atoms with Crippen molar-refractivity contribution >= 4 is 0 Å². The van der Waals surface area contributed by atoms with E-state index in [1.54, 1.807) is 0 Å². The minimum Gasteiger partial charge on any atom is -0.388 e. The molecule has 1 heterocycles. The van der Waals surface area contributed by atoms with Crippen LogP contribution in [0.25, 0.3) is 0 Å². The second-order valence-corrected chi connectivity index (χ2v) is 10.7. The third-order valence-electron chi connectivity index (χ3n) is 7.38. The van der Waals surface area contributed by atoms with Gasteiger partial charge in [0.1, 0.15) is 18.3 Å². The number of unbranched alkanes of at least 4 members (excludes halogenated alkanes) is 16. The summed E-state index contributed by atoms with van der Waals surface area (Å²) < 4.78 is 11.3. The van der Waals surface area contributed by atoms with E-state index in [1.807, 2.05) is 0 Å². The third-order valence-corrected chi connectivity index (χ3v) is 7.38. The Morgan fingerprint density at radius 3 is 1.47 bits per heavy atom. The van der Waals surface area contributed by atoms with E-state index in [9.17, 15) is 15.3 Å². The molecule has 0 aromatic rings. The molecule has 0 radical (unpaired) electrons. The van der Waals surface area contributed by atoms with E-state index in [-0.39, 0.29) is 6.61 Å². The van der Waals surface area contributed by atoms with Gasteiger partial charge in [-0.15, -0.1) is 0 Å². The van der Waals surface area contributed by atoms with E-state index >= 15 is 0 Å². The van der Waals surface area contributed by atoms with Crippen LogP contribution >= 0.6 is 0 Å². The lowest BCUT2D eigenvalue weighted by Gasteiger charge is -2.35. The van der Waals surface area contributed by atoms with Crippen molar-refractivity contribution in [3.8, 4) is 0 Å². The highest BCUT2D eigenvalue weighted by atomic mass is 16.7. The molecule has 204 valence electrons. The highest BCUT2D eigenvalue weighted by Gasteiger charge is 2.38. The van der Waals surface area contributed by atoms with E-state index in [2.05, 4.69) is 13.8 Å². The summed E-state index contributed by atoms with van der Waals surface area (Å²) >= 11 is 0. The van der Waals surface area contributed by atoms with Crippen LogP contribution in [-0.2, 0) is 9.47 Å². The van der Waals surface area contributed by atoms with Gasteiger partial charge in [-0.3, -0.25) is 0 Å². The van der Waals surface area contributed by atoms with Crippen LogP contribution in [0.4, 0.5) is 0 Å². The molecule has 0 aromatic heterocycles. The topological polar surface area (TPSA) is 79.2 Å². The number of aliphatic hydroxyl groups is 3. The van der Waals surface area contributed by atoms with Gasteiger partial charge in [-0.25, -0.2) is 0 Å². The maximum Gasteiger partial charge on any atom is 0.186 e. The minimum absolute atomic E-state index is 0.00400. The van der Waals surface area contributed by atoms with Crippen molar-refractivity contribution in [1.29, 1.82) is 0 Å². The first-order valence-electron chi connectivity index (χ1n) is 14.9. The third kappa shape index (κ3) is 15.7. The Kier molecular flexibility index (Phi) is 20.6. The van der Waals surface area contributed by atoms with Crippen LogP contribution in [0.3, 0.4) is 0 Å². The fraction of sp³-hybridized carbons (Fsp3) is 1.00. The summed E-state index contributed by atoms with van der Waals surface area (Å²) in [5.41, 5.74) is 0. The molecule has 2 unspecified atom stereocenters. The van der Waals surface area contributed by atoms with Crippen molar-refractivity contribution < 1.29 is 24.8 Å². The molecule has 1 rings (SSSR count). The van der Waals surface area contributed by atoms with Gasteiger partial charge in [0.15, 0.2) is 6.29 Å². The molecule has 34 heavy (non-hydrogen) atoms. The number of ether oxygens (including phenoxy) is 2. The number of hydrogen-bond donors (Lipinski definition) is 3. The molecule has 1 saturated heterocycles. The van der Waals surface area contributed by atoms with Crippen LogP contribution in [-0.4, -0.2) is 53.1 Å². The average Bonchev–Trinajstić information content (AvgIpc) is 2.84. The van der Waals surface area contributed by atoms with Crippen molar-refractivity contribution in [3.63, 3.8) is 0 Å². The van der Waals surface area contributed by atoms with Crippen molar-refractivity contribution in [1.82, 2.24) is 0 Å². The normalized spacial score (nSPS) is 23.9. The summed E-state index contributed by atoms with van der Waals surface area (Å²) in [4.78, 5) is 0. The SMILES string of the molecule is CCCCCCCCCCCCC(CCCCCCCCCC)COC1OC[C@@H](O)[C@H](O)[C@H]1O. The predicted octanol–water partition coefficient (Wildman–Crippen LogP) is 6.90. The summed E-state index contributed by atoms with van der Waals surface area (Å²) in [6.45, 7) is 5.09. The second kappa shape index (κ2) is 22.0. The van der Waals surface area contributed by atoms with E-state index in [0.29, 0.717) is 12.5 Å². The molecule has 5 heteroatoms. The molecular formula is C29H58O5. The lowest BCUT2D eigenvalue weighted by molar-refractivity contribution is -0.272. The highest BCUT2D eigenvalue weighted by Crippen LogP contribution is 2.23. The molecule has 0 aromatic carbocycles. The maximum absolute atomic E-state index is 10.2. The van der Waals surface area contributed by atoms with Crippen molar-refractivity contribution in [2.24, 2.45) is 5.92 Å². The number of rotatable bonds is 23. The molecule has 5 atom stereocenters. The quantitative estimate of drug-likeness (QED) is 0.137. The van der Waals surface area contributed by atoms with Gasteiger partial charge in [-0.05, 0) is 18.8 Å². The smallest absolute Gasteiger partial charge is 0.186 e. The molecular weight excluding hydrogens is 428 g/mol. The predicted molar refractivity (Wildman–Crippen MR) is 141 cm³/mol. The zero-order valence-electron chi connectivity index (χ0n) is 22.6. The van der Waals surface area contributed by atoms with Gasteiger partial charge in [-0.1, -0.05) is 129 Å². The Balaban J connectivity index is 2.25. The Morgan fingerprint density at radius 1 is 0.618 bits per heavy atom. The zero-order valence-corrected chi connectivity index (χ0v) is 22.6. The molecule has 1 fully saturated rings. The fourth-order valence-corrected chi connectivity index (χ4v) is 4.96. The summed E-state index contributed by atoms with van der Waals surface area (Å²) in [6.07, 6.45) is 22.1. The molecule has 0 amide bonds. The molecule has 3 N–H and O–H groups in total. The summed E-state index contributed by atoms with van der Waals surface area (Å²) in [6, 6.07) is 0. The molecule has 0 aliphatic carbocycles. The van der Waals surface area contributed by atoms with Crippen molar-refractivity contribution in [2.45, 2.75) is 167 Å². The Hall–Kier alpha value is -0.200. The molecule has 1 aliphatic rings. The summed E-state index contributed by atoms with van der Waals surface area (Å²) in [5, 5.41) is 29.7. The van der Waals surface area contributed by atoms with Crippen LogP contribution < -0.4 is 0 Å². The van der Waals surface area contributed by atoms with Crippen LogP contribution in [0.5, 0.6) is 0 Å². The van der Waals surface area contributed by atoms with Crippen LogP contribution in [0.15, 0.2) is 0 Å². The molecule has 0 saturated carbocycles. The first-order valence-corrected chi connectivity index (χ1v) is 14.9. The van der Waals surface area contributed by atoms with E-state index in [0.717, 1.165) is 12.8 Å². The molecule has 0 bridgehead atoms. The fourth-order valence-electron chi connectivity index (χ4n) is 4.96. The zero-order chi connectivity index (χ0) is 24.9. The first kappa shape index (κ1) is 31.8. The first-order chi connectivity index (χ1) is 16.6. The lowest BCUT2D eigenvalue weighted by Crippen LogP contribution is -2.53. The van der Waals surface area contributed by atoms with Crippen LogP contribution in [0.2, 0.25) is 0 Å². The highest BCUT2D eigenvalue weighted by molar-refractivity contribution is 4.82. The Labute approximate surface area is 211 Å². The monoisotopic (exact) mass is 486 g/mol. The standard InChI is InChI=1S/C29H58O5/c1-3-5-7-9-11-13-14-16-18-20-22-25(21-19-17-15-12-10-8-6-4-2)23-33-29-28(32)27(31)26(30)24-34-29/h25-32H,3-24H2,1-2H3/t25?,26-,27+,28-,29?/m1/s1. The summed E-state index contributed by atoms with van der Waals surface area (Å²) in [7, 11) is 0. The van der Waals surface area contributed by atoms with Gasteiger partial charge in [0, 0.05) is 0 Å². The second-order valence-electron chi connectivity index (χ2n) is 10.7. The largest absolute Gasteiger partial charge is 0.388 e. The number of hydrogen-bond acceptors (Lipinski definition) is 5. The Bertz CT molecular complexity index is 433. The van der Waals surface area contributed by atoms with E-state index in [4.69, 9.17) is 9.47 Å². The molecule has 1 aliphatic heterocycles. The van der Waals surface area contributed by atoms with Gasteiger partial charge in [-0.2, -0.15) is 0 Å². The molecule has 0 spiro atoms. The van der Waals surface area contributed by atoms with E-state index < -0.39 is 24.6 Å². The van der Waals surface area contributed by atoms with Gasteiger partial charge < -0.3 is 24.8 Å². The lowest BCUT2D eigenvalue weighted by atomic mass is 9.94. The summed E-state index contributed by atoms with van der Waals surface area (Å²) in [5.74, 6) is 0.467. The molecule has 5 nitrogen and oxygen atoms in total. The maximum atomic E-state index is 10.2. The van der Waals surface area contributed by atoms with Crippen molar-refractivity contribution in [3.05, 3.63) is 0 Å². The Morgan fingerprint density at radius 2 is 1.03 bits per heavy atom. The number of aliphatic hydroxyl groups excluding tert-OH is 3. The van der Waals surface area contributed by atoms with Crippen LogP contribution in [0, 0.1) is 5.92 Å². The average molecular weight is 487 g/mol. The van der Waals surface area contributed by atoms with Crippen LogP contribution in [0.1, 0.15) is 142 Å².